The molecule has 0 aliphatic carbocycles. The topological polar surface area (TPSA) is 76.2 Å². The molecule has 1 aromatic carbocycles. The molecule has 8 heteroatoms. The van der Waals surface area contributed by atoms with E-state index in [0.717, 1.165) is 5.56 Å². The van der Waals surface area contributed by atoms with Crippen LogP contribution in [-0.2, 0) is 21.2 Å². The van der Waals surface area contributed by atoms with E-state index in [-0.39, 0.29) is 18.1 Å². The number of carbonyl (C=O) groups excluding carboxylic acids is 1. The zero-order valence-electron chi connectivity index (χ0n) is 14.4. The van der Waals surface area contributed by atoms with Crippen molar-refractivity contribution in [2.24, 2.45) is 0 Å². The molecule has 1 amide bonds. The third kappa shape index (κ3) is 4.24. The van der Waals surface area contributed by atoms with E-state index < -0.39 is 10.0 Å². The van der Waals surface area contributed by atoms with Crippen LogP contribution in [0.15, 0.2) is 18.2 Å². The van der Waals surface area contributed by atoms with Crippen molar-refractivity contribution < 1.29 is 22.7 Å². The molecule has 7 nitrogen and oxygen atoms in total. The van der Waals surface area contributed by atoms with Crippen LogP contribution >= 0.6 is 0 Å². The van der Waals surface area contributed by atoms with Crippen molar-refractivity contribution in [1.82, 2.24) is 9.21 Å². The number of rotatable bonds is 4. The molecule has 1 fully saturated rings. The van der Waals surface area contributed by atoms with E-state index in [1.807, 2.05) is 18.2 Å². The van der Waals surface area contributed by atoms with Gasteiger partial charge < -0.3 is 14.4 Å². The number of hydrogen-bond acceptors (Lipinski definition) is 5. The van der Waals surface area contributed by atoms with Gasteiger partial charge in [0.05, 0.1) is 12.2 Å². The number of nitrogens with zero attached hydrogens (tertiary/aromatic N) is 2. The Balaban J connectivity index is 1.62. The molecular weight excluding hydrogens is 344 g/mol. The number of sulfonamides is 1. The smallest absolute Gasteiger partial charge is 0.227 e. The Morgan fingerprint density at radius 1 is 1.08 bits per heavy atom. The Bertz CT molecular complexity index is 735. The van der Waals surface area contributed by atoms with Crippen LogP contribution in [0.3, 0.4) is 0 Å². The summed E-state index contributed by atoms with van der Waals surface area (Å²) in [6, 6.07) is 5.55. The van der Waals surface area contributed by atoms with E-state index in [2.05, 4.69) is 0 Å². The van der Waals surface area contributed by atoms with Gasteiger partial charge in [-0.05, 0) is 31.0 Å². The second kappa shape index (κ2) is 7.61. The van der Waals surface area contributed by atoms with E-state index in [0.29, 0.717) is 57.3 Å². The summed E-state index contributed by atoms with van der Waals surface area (Å²) in [6.07, 6.45) is 0.934. The molecule has 0 aromatic heterocycles. The van der Waals surface area contributed by atoms with Crippen LogP contribution in [0.5, 0.6) is 11.5 Å². The van der Waals surface area contributed by atoms with Crippen LogP contribution in [0.25, 0.3) is 0 Å². The standard InChI is InChI=1S/C17H24N2O5S/c1-2-25(21,22)19-7-3-6-18(8-9-19)17(20)13-14-4-5-15-16(12-14)24-11-10-23-15/h4-5,12H,2-3,6-11,13H2,1H3. The predicted octanol–water partition coefficient (Wildman–Crippen LogP) is 0.884. The van der Waals surface area contributed by atoms with Crippen molar-refractivity contribution in [2.75, 3.05) is 45.1 Å². The molecule has 2 heterocycles. The van der Waals surface area contributed by atoms with Gasteiger partial charge in [-0.2, -0.15) is 0 Å². The summed E-state index contributed by atoms with van der Waals surface area (Å²) >= 11 is 0. The number of ether oxygens (including phenoxy) is 2. The van der Waals surface area contributed by atoms with Gasteiger partial charge in [-0.3, -0.25) is 4.79 Å². The molecule has 138 valence electrons. The van der Waals surface area contributed by atoms with Crippen molar-refractivity contribution in [3.8, 4) is 11.5 Å². The summed E-state index contributed by atoms with van der Waals surface area (Å²) in [5, 5.41) is 0. The summed E-state index contributed by atoms with van der Waals surface area (Å²) < 4.78 is 36.5. The van der Waals surface area contributed by atoms with Crippen LogP contribution in [-0.4, -0.2) is 68.7 Å². The maximum atomic E-state index is 12.6. The molecule has 0 bridgehead atoms. The highest BCUT2D eigenvalue weighted by Gasteiger charge is 2.25. The van der Waals surface area contributed by atoms with Gasteiger partial charge in [0, 0.05) is 26.2 Å². The first-order valence-electron chi connectivity index (χ1n) is 8.64. The number of amides is 1. The van der Waals surface area contributed by atoms with Gasteiger partial charge in [0.2, 0.25) is 15.9 Å². The molecule has 0 atom stereocenters. The summed E-state index contributed by atoms with van der Waals surface area (Å²) in [6.45, 7) is 4.55. The van der Waals surface area contributed by atoms with E-state index in [4.69, 9.17) is 9.47 Å². The lowest BCUT2D eigenvalue weighted by Gasteiger charge is -2.22. The minimum absolute atomic E-state index is 0.00687. The van der Waals surface area contributed by atoms with Crippen molar-refractivity contribution in [3.63, 3.8) is 0 Å². The minimum atomic E-state index is -3.20. The minimum Gasteiger partial charge on any atom is -0.486 e. The highest BCUT2D eigenvalue weighted by atomic mass is 32.2. The van der Waals surface area contributed by atoms with Crippen LogP contribution in [0.2, 0.25) is 0 Å². The highest BCUT2D eigenvalue weighted by molar-refractivity contribution is 7.89. The molecule has 2 aliphatic heterocycles. The van der Waals surface area contributed by atoms with Gasteiger partial charge in [0.15, 0.2) is 11.5 Å². The van der Waals surface area contributed by atoms with Gasteiger partial charge in [-0.1, -0.05) is 6.07 Å². The van der Waals surface area contributed by atoms with Gasteiger partial charge in [0.25, 0.3) is 0 Å². The van der Waals surface area contributed by atoms with Gasteiger partial charge in [-0.25, -0.2) is 12.7 Å². The van der Waals surface area contributed by atoms with Gasteiger partial charge in [-0.15, -0.1) is 0 Å². The number of hydrogen-bond donors (Lipinski definition) is 0. The average Bonchev–Trinajstić information content (AvgIpc) is 2.88. The van der Waals surface area contributed by atoms with E-state index >= 15 is 0 Å². The third-order valence-corrected chi connectivity index (χ3v) is 6.41. The molecule has 1 saturated heterocycles. The van der Waals surface area contributed by atoms with Gasteiger partial charge >= 0.3 is 0 Å². The lowest BCUT2D eigenvalue weighted by Crippen LogP contribution is -2.38. The molecule has 3 rings (SSSR count). The average molecular weight is 368 g/mol. The molecule has 1 aromatic rings. The molecule has 0 saturated carbocycles. The van der Waals surface area contributed by atoms with Crippen LogP contribution in [0.4, 0.5) is 0 Å². The summed E-state index contributed by atoms with van der Waals surface area (Å²) in [5.74, 6) is 1.48. The van der Waals surface area contributed by atoms with Crippen LogP contribution in [0, 0.1) is 0 Å². The van der Waals surface area contributed by atoms with Crippen LogP contribution in [0.1, 0.15) is 18.9 Å². The summed E-state index contributed by atoms with van der Waals surface area (Å²) in [7, 11) is -3.20. The van der Waals surface area contributed by atoms with Gasteiger partial charge in [0.1, 0.15) is 13.2 Å². The Labute approximate surface area is 148 Å². The fourth-order valence-corrected chi connectivity index (χ4v) is 4.22. The first-order valence-corrected chi connectivity index (χ1v) is 10.2. The molecule has 0 spiro atoms. The fraction of sp³-hybridized carbons (Fsp3) is 0.588. The third-order valence-electron chi connectivity index (χ3n) is 4.53. The van der Waals surface area contributed by atoms with Crippen molar-refractivity contribution in [3.05, 3.63) is 23.8 Å². The Morgan fingerprint density at radius 3 is 2.60 bits per heavy atom. The Kier molecular flexibility index (Phi) is 5.48. The molecule has 0 N–H and O–H groups in total. The van der Waals surface area contributed by atoms with E-state index in [1.54, 1.807) is 11.8 Å². The number of fused-ring (bicyclic) bond motifs is 1. The quantitative estimate of drug-likeness (QED) is 0.789. The predicted molar refractivity (Wildman–Crippen MR) is 93.4 cm³/mol. The molecule has 0 unspecified atom stereocenters. The molecule has 25 heavy (non-hydrogen) atoms. The zero-order chi connectivity index (χ0) is 17.9. The summed E-state index contributed by atoms with van der Waals surface area (Å²) in [4.78, 5) is 14.4. The Morgan fingerprint density at radius 2 is 1.84 bits per heavy atom. The molecule has 0 radical (unpaired) electrons. The Hall–Kier alpha value is -1.80. The lowest BCUT2D eigenvalue weighted by atomic mass is 10.1. The first kappa shape index (κ1) is 18.0. The monoisotopic (exact) mass is 368 g/mol. The maximum absolute atomic E-state index is 12.6. The first-order chi connectivity index (χ1) is 12.0. The summed E-state index contributed by atoms with van der Waals surface area (Å²) in [5.41, 5.74) is 0.872. The SMILES string of the molecule is CCS(=O)(=O)N1CCCN(C(=O)Cc2ccc3c(c2)OCCO3)CC1. The maximum Gasteiger partial charge on any atom is 0.227 e. The largest absolute Gasteiger partial charge is 0.486 e. The van der Waals surface area contributed by atoms with Crippen molar-refractivity contribution in [2.45, 2.75) is 19.8 Å². The van der Waals surface area contributed by atoms with Crippen molar-refractivity contribution >= 4 is 15.9 Å². The second-order valence-corrected chi connectivity index (χ2v) is 8.45. The normalized spacial score (nSPS) is 18.7. The van der Waals surface area contributed by atoms with E-state index in [9.17, 15) is 13.2 Å². The zero-order valence-corrected chi connectivity index (χ0v) is 15.3. The van der Waals surface area contributed by atoms with E-state index in [1.165, 1.54) is 4.31 Å². The molecule has 2 aliphatic rings. The lowest BCUT2D eigenvalue weighted by molar-refractivity contribution is -0.130. The fourth-order valence-electron chi connectivity index (χ4n) is 3.09. The molecular formula is C17H24N2O5S. The van der Waals surface area contributed by atoms with Crippen LogP contribution < -0.4 is 9.47 Å². The number of carbonyl (C=O) groups is 1. The second-order valence-electron chi connectivity index (χ2n) is 6.19. The highest BCUT2D eigenvalue weighted by Crippen LogP contribution is 2.31. The number of benzene rings is 1. The van der Waals surface area contributed by atoms with Crippen molar-refractivity contribution in [1.29, 1.82) is 0 Å².